The van der Waals surface area contributed by atoms with E-state index in [0.717, 1.165) is 98.0 Å². The maximum atomic E-state index is 9.53. The molecule has 0 N–H and O–H groups in total. The smallest absolute Gasteiger partial charge is 0.852 e. The van der Waals surface area contributed by atoms with Gasteiger partial charge in [-0.15, -0.1) is 50.6 Å². The van der Waals surface area contributed by atoms with Gasteiger partial charge in [0, 0.05) is 22.8 Å². The zero-order chi connectivity index (χ0) is 74.0. The number of allylic oxidation sites excluding steroid dienone is 8. The van der Waals surface area contributed by atoms with E-state index in [2.05, 4.69) is 138 Å². The third kappa shape index (κ3) is 65.3. The molecule has 12 nitrogen and oxygen atoms in total. The van der Waals surface area contributed by atoms with Crippen LogP contribution in [0, 0.1) is 0 Å². The van der Waals surface area contributed by atoms with Crippen molar-refractivity contribution < 1.29 is 88.7 Å². The van der Waals surface area contributed by atoms with Gasteiger partial charge in [-0.2, -0.15) is 22.8 Å². The van der Waals surface area contributed by atoms with Gasteiger partial charge in [-0.3, -0.25) is 20.0 Å². The molecule has 8 aromatic rings. The van der Waals surface area contributed by atoms with Crippen LogP contribution in [-0.4, -0.2) is 47.3 Å². The van der Waals surface area contributed by atoms with Crippen molar-refractivity contribution in [1.82, 2.24) is 0 Å². The Balaban J connectivity index is -0.000000590. The Bertz CT molecular complexity index is 3070. The minimum absolute atomic E-state index is 0. The maximum Gasteiger partial charge on any atom is 2.00 e. The third-order valence-corrected chi connectivity index (χ3v) is 12.5. The van der Waals surface area contributed by atoms with Gasteiger partial charge >= 0.3 is 68.3 Å². The summed E-state index contributed by atoms with van der Waals surface area (Å²) in [5.41, 5.74) is 17.9. The number of rotatable bonds is 24. The van der Waals surface area contributed by atoms with Crippen LogP contribution in [0.2, 0.25) is 0 Å². The topological polar surface area (TPSA) is 198 Å². The van der Waals surface area contributed by atoms with Crippen LogP contribution in [0.25, 0.3) is 21.3 Å². The van der Waals surface area contributed by atoms with E-state index in [-0.39, 0.29) is 68.3 Å². The summed E-state index contributed by atoms with van der Waals surface area (Å²) in [6.45, 7) is 34.8. The van der Waals surface area contributed by atoms with Crippen molar-refractivity contribution in [2.45, 2.75) is 188 Å². The van der Waals surface area contributed by atoms with Crippen LogP contribution >= 0.6 is 0 Å². The summed E-state index contributed by atoms with van der Waals surface area (Å²) < 4.78 is 0. The fourth-order valence-corrected chi connectivity index (χ4v) is 7.97. The molecule has 0 aliphatic heterocycles. The van der Waals surface area contributed by atoms with E-state index < -0.39 is 24.4 Å². The molecular weight excluding hydrogens is 1490 g/mol. The molecule has 4 radical (unpaired) electrons. The second-order valence-electron chi connectivity index (χ2n) is 24.3. The summed E-state index contributed by atoms with van der Waals surface area (Å²) in [5.74, 6) is 0. The number of aliphatic imine (C=N–C) groups is 4. The Morgan fingerprint density at radius 1 is 0.240 bits per heavy atom. The fraction of sp³-hybridized carbons (Fsp3) is 0.318. The van der Waals surface area contributed by atoms with E-state index in [1.54, 1.807) is 55.4 Å². The molecule has 0 spiro atoms. The number of benzene rings is 8. The predicted molar refractivity (Wildman–Crippen MR) is 423 cm³/mol. The first-order valence-electron chi connectivity index (χ1n) is 34.3. The maximum absolute atomic E-state index is 9.53. The predicted octanol–water partition coefficient (Wildman–Crippen LogP) is 19.5. The molecule has 0 aliphatic rings. The zero-order valence-corrected chi connectivity index (χ0v) is 67.6. The second-order valence-corrected chi connectivity index (χ2v) is 24.3. The van der Waals surface area contributed by atoms with Crippen LogP contribution < -0.4 is 20.4 Å². The van der Waals surface area contributed by atoms with E-state index in [9.17, 15) is 20.4 Å². The second kappa shape index (κ2) is 67.4. The molecule has 0 amide bonds. The van der Waals surface area contributed by atoms with Gasteiger partial charge in [0.1, 0.15) is 0 Å². The Hall–Kier alpha value is -7.48. The molecule has 104 heavy (non-hydrogen) atoms. The molecule has 8 aromatic carbocycles. The Labute approximate surface area is 669 Å². The SMILES string of the molecule is CC(/C=C(/C)[N-]Cc1ccccc1)=NCc1ccccc1.CC(/C=C(/C)[N-]Cc1ccccc1)=NCc1ccccc1.CC(/C=C(/C)[N-]Cc1ccccc1)=NCc1ccccc1.CC(/C=C(/C)[N-]Cc1ccccc1)=NCc1ccccc1.CC(C)[O-].CC(C)[O-].CC(C)[O-].CC(C)[O-].[Cu+2].[Cu+2].[Cu+2].[Cu+2]. The van der Waals surface area contributed by atoms with E-state index in [4.69, 9.17) is 0 Å². The van der Waals surface area contributed by atoms with Crippen molar-refractivity contribution in [2.24, 2.45) is 20.0 Å². The van der Waals surface area contributed by atoms with Crippen molar-refractivity contribution in [3.05, 3.63) is 356 Å². The molecule has 0 aromatic heterocycles. The van der Waals surface area contributed by atoms with Crippen molar-refractivity contribution >= 4 is 22.8 Å². The fourth-order valence-electron chi connectivity index (χ4n) is 7.97. The van der Waals surface area contributed by atoms with Gasteiger partial charge in [0.25, 0.3) is 0 Å². The summed E-state index contributed by atoms with van der Waals surface area (Å²) in [6.07, 6.45) is 6.47. The van der Waals surface area contributed by atoms with Gasteiger partial charge in [0.15, 0.2) is 0 Å². The van der Waals surface area contributed by atoms with Gasteiger partial charge in [0.05, 0.1) is 26.2 Å². The normalized spacial score (nSPS) is 11.3. The van der Waals surface area contributed by atoms with E-state index >= 15 is 0 Å². The van der Waals surface area contributed by atoms with Crippen LogP contribution in [0.1, 0.15) is 155 Å². The van der Waals surface area contributed by atoms with Crippen molar-refractivity contribution in [3.63, 3.8) is 0 Å². The van der Waals surface area contributed by atoms with E-state index in [0.29, 0.717) is 0 Å². The molecule has 8 rings (SSSR count). The van der Waals surface area contributed by atoms with Crippen molar-refractivity contribution in [3.8, 4) is 0 Å². The molecule has 0 saturated heterocycles. The Kier molecular flexibility index (Phi) is 66.7. The molecule has 0 bridgehead atoms. The van der Waals surface area contributed by atoms with Crippen LogP contribution in [0.3, 0.4) is 0 Å². The average Bonchev–Trinajstić information content (AvgIpc) is 1.01. The molecule has 0 fully saturated rings. The molecule has 0 atom stereocenters. The molecule has 0 aliphatic carbocycles. The summed E-state index contributed by atoms with van der Waals surface area (Å²) in [6, 6.07) is 82.2. The third-order valence-electron chi connectivity index (χ3n) is 12.5. The van der Waals surface area contributed by atoms with Crippen LogP contribution in [0.5, 0.6) is 0 Å². The monoisotopic (exact) mass is 1600 g/mol. The van der Waals surface area contributed by atoms with Gasteiger partial charge in [-0.1, -0.05) is 372 Å². The summed E-state index contributed by atoms with van der Waals surface area (Å²) >= 11 is 0. The molecular formula is C88H112Cu4N8O4. The minimum Gasteiger partial charge on any atom is -0.852 e. The first-order valence-corrected chi connectivity index (χ1v) is 34.3. The van der Waals surface area contributed by atoms with Crippen molar-refractivity contribution in [2.75, 3.05) is 0 Å². The van der Waals surface area contributed by atoms with E-state index in [1.165, 1.54) is 44.5 Å². The summed E-state index contributed by atoms with van der Waals surface area (Å²) in [5, 5.41) is 56.4. The van der Waals surface area contributed by atoms with Gasteiger partial charge in [-0.25, -0.2) is 0 Å². The Morgan fingerprint density at radius 2 is 0.356 bits per heavy atom. The number of hydrogen-bond donors (Lipinski definition) is 0. The first-order chi connectivity index (χ1) is 47.9. The van der Waals surface area contributed by atoms with E-state index in [1.807, 2.05) is 225 Å². The molecule has 0 saturated carbocycles. The Morgan fingerprint density at radius 3 is 0.481 bits per heavy atom. The van der Waals surface area contributed by atoms with Crippen molar-refractivity contribution in [1.29, 1.82) is 0 Å². The molecule has 0 unspecified atom stereocenters. The number of hydrogen-bond acceptors (Lipinski definition) is 8. The first kappa shape index (κ1) is 103. The average molecular weight is 1600 g/mol. The van der Waals surface area contributed by atoms with Crippen LogP contribution in [0.4, 0.5) is 0 Å². The van der Waals surface area contributed by atoms with Gasteiger partial charge in [-0.05, 0) is 49.9 Å². The molecule has 0 heterocycles. The van der Waals surface area contributed by atoms with Crippen LogP contribution in [0.15, 0.2) is 310 Å². The standard InChI is InChI=1S/4C19H21N2.4C3H7O.4Cu/c4*1-16(20-14-18-9-5-3-6-10-18)13-17(2)21-15-19-11-7-4-8-12-19;4*1-3(2)4;;;;/h4*3-13H,14-15H2,1-2H3;4*3H,1-2H3;;;;/q8*-1;4*+2/b4*16-13-,21-17?;;;;;;;;. The quantitative estimate of drug-likeness (QED) is 0.0429. The minimum atomic E-state index is -0.417. The van der Waals surface area contributed by atoms with Crippen LogP contribution in [-0.2, 0) is 121 Å². The molecule has 572 valence electrons. The van der Waals surface area contributed by atoms with Gasteiger partial charge in [0.2, 0.25) is 0 Å². The summed E-state index contributed by atoms with van der Waals surface area (Å²) in [4.78, 5) is 18.3. The van der Waals surface area contributed by atoms with Gasteiger partial charge < -0.3 is 41.7 Å². The molecule has 16 heteroatoms. The summed E-state index contributed by atoms with van der Waals surface area (Å²) in [7, 11) is 0. The zero-order valence-electron chi connectivity index (χ0n) is 63.8. The largest absolute Gasteiger partial charge is 2.00 e. The number of nitrogens with zero attached hydrogens (tertiary/aromatic N) is 8.